The molecule has 4 aliphatic carbocycles. The molecule has 2 fully saturated rings. The fourth-order valence-corrected chi connectivity index (χ4v) is 6.68. The monoisotopic (exact) mass is 348 g/mol. The summed E-state index contributed by atoms with van der Waals surface area (Å²) in [5, 5.41) is 10.0. The van der Waals surface area contributed by atoms with Gasteiger partial charge >= 0.3 is 5.97 Å². The van der Waals surface area contributed by atoms with E-state index in [1.807, 2.05) is 6.08 Å². The van der Waals surface area contributed by atoms with Gasteiger partial charge in [0.15, 0.2) is 0 Å². The summed E-state index contributed by atoms with van der Waals surface area (Å²) in [6.07, 6.45) is 9.24. The number of hydrogen-bond acceptors (Lipinski definition) is 3. The van der Waals surface area contributed by atoms with Gasteiger partial charge in [-0.25, -0.2) is 4.39 Å². The van der Waals surface area contributed by atoms with Crippen LogP contribution >= 0.6 is 0 Å². The van der Waals surface area contributed by atoms with Gasteiger partial charge in [-0.1, -0.05) is 26.0 Å². The van der Waals surface area contributed by atoms with Crippen molar-refractivity contribution in [3.63, 3.8) is 0 Å². The van der Waals surface area contributed by atoms with E-state index in [-0.39, 0.29) is 28.7 Å². The first-order valence-corrected chi connectivity index (χ1v) is 9.70. The quantitative estimate of drug-likeness (QED) is 0.560. The normalized spacial score (nSPS) is 48.6. The van der Waals surface area contributed by atoms with E-state index in [1.54, 1.807) is 0 Å². The van der Waals surface area contributed by atoms with E-state index in [0.29, 0.717) is 29.9 Å². The Bertz CT molecular complexity index is 654. The maximum atomic E-state index is 14.7. The summed E-state index contributed by atoms with van der Waals surface area (Å²) >= 11 is 0. The number of fused-ring (bicyclic) bond motifs is 5. The number of aliphatic hydroxyl groups is 1. The van der Waals surface area contributed by atoms with Crippen LogP contribution in [0.25, 0.3) is 0 Å². The van der Waals surface area contributed by atoms with Crippen LogP contribution in [0.5, 0.6) is 0 Å². The minimum absolute atomic E-state index is 0.101. The molecule has 4 rings (SSSR count). The Kier molecular flexibility index (Phi) is 3.91. The molecule has 0 radical (unpaired) electrons. The lowest BCUT2D eigenvalue weighted by atomic mass is 9.46. The van der Waals surface area contributed by atoms with Crippen LogP contribution in [-0.4, -0.2) is 17.2 Å². The van der Waals surface area contributed by atoms with Crippen LogP contribution in [0.15, 0.2) is 23.7 Å². The molecule has 2 saturated carbocycles. The fourth-order valence-electron chi connectivity index (χ4n) is 6.68. The van der Waals surface area contributed by atoms with Crippen molar-refractivity contribution in [2.75, 3.05) is 0 Å². The summed E-state index contributed by atoms with van der Waals surface area (Å²) in [7, 11) is 0. The van der Waals surface area contributed by atoms with Gasteiger partial charge < -0.3 is 9.84 Å². The topological polar surface area (TPSA) is 46.5 Å². The SMILES string of the molecule is CC(=O)OC1=C(F)C[C@H]2[C@@H]3CCC4CC(O)C=C[C@]4(C)[C@H]3CC[C@]12C. The molecule has 0 spiro atoms. The molecule has 0 saturated heterocycles. The Labute approximate surface area is 149 Å². The van der Waals surface area contributed by atoms with Gasteiger partial charge in [-0.05, 0) is 61.2 Å². The second-order valence-electron chi connectivity index (χ2n) is 9.17. The predicted octanol–water partition coefficient (Wildman–Crippen LogP) is 4.52. The van der Waals surface area contributed by atoms with E-state index in [1.165, 1.54) is 6.92 Å². The third-order valence-electron chi connectivity index (χ3n) is 7.97. The number of allylic oxidation sites excluding steroid dienone is 3. The fraction of sp³-hybridized carbons (Fsp3) is 0.762. The van der Waals surface area contributed by atoms with Crippen LogP contribution in [0.2, 0.25) is 0 Å². The number of aliphatic hydroxyl groups excluding tert-OH is 1. The highest BCUT2D eigenvalue weighted by Gasteiger charge is 2.60. The van der Waals surface area contributed by atoms with Crippen molar-refractivity contribution in [2.45, 2.75) is 65.4 Å². The molecule has 0 aromatic heterocycles. The molecule has 4 aliphatic rings. The first kappa shape index (κ1) is 17.3. The van der Waals surface area contributed by atoms with Gasteiger partial charge in [-0.2, -0.15) is 0 Å². The largest absolute Gasteiger partial charge is 0.428 e. The van der Waals surface area contributed by atoms with E-state index in [4.69, 9.17) is 4.74 Å². The maximum Gasteiger partial charge on any atom is 0.307 e. The Morgan fingerprint density at radius 3 is 2.76 bits per heavy atom. The molecule has 0 amide bonds. The molecule has 25 heavy (non-hydrogen) atoms. The van der Waals surface area contributed by atoms with E-state index in [2.05, 4.69) is 19.9 Å². The van der Waals surface area contributed by atoms with Gasteiger partial charge in [-0.15, -0.1) is 0 Å². The van der Waals surface area contributed by atoms with Crippen molar-refractivity contribution in [1.82, 2.24) is 0 Å². The zero-order valence-corrected chi connectivity index (χ0v) is 15.4. The molecule has 4 heteroatoms. The molecule has 0 aliphatic heterocycles. The van der Waals surface area contributed by atoms with E-state index < -0.39 is 5.97 Å². The van der Waals surface area contributed by atoms with Crippen LogP contribution in [0.3, 0.4) is 0 Å². The lowest BCUT2D eigenvalue weighted by Crippen LogP contribution is -2.52. The van der Waals surface area contributed by atoms with Crippen LogP contribution in [-0.2, 0) is 9.53 Å². The van der Waals surface area contributed by atoms with Crippen LogP contribution in [0, 0.1) is 34.5 Å². The highest BCUT2D eigenvalue weighted by molar-refractivity contribution is 5.67. The number of esters is 1. The highest BCUT2D eigenvalue weighted by Crippen LogP contribution is 2.66. The molecule has 3 nitrogen and oxygen atoms in total. The molecule has 0 bridgehead atoms. The molecule has 0 heterocycles. The lowest BCUT2D eigenvalue weighted by Gasteiger charge is -2.58. The van der Waals surface area contributed by atoms with E-state index in [9.17, 15) is 14.3 Å². The first-order chi connectivity index (χ1) is 11.8. The first-order valence-electron chi connectivity index (χ1n) is 9.70. The maximum absolute atomic E-state index is 14.7. The second kappa shape index (κ2) is 5.67. The number of carbonyl (C=O) groups excluding carboxylic acids is 1. The number of rotatable bonds is 1. The minimum Gasteiger partial charge on any atom is -0.428 e. The molecule has 2 unspecified atom stereocenters. The number of ether oxygens (including phenoxy) is 1. The van der Waals surface area contributed by atoms with E-state index in [0.717, 1.165) is 32.1 Å². The summed E-state index contributed by atoms with van der Waals surface area (Å²) in [5.74, 6) is 1.39. The van der Waals surface area contributed by atoms with Gasteiger partial charge in [0, 0.05) is 18.8 Å². The Hall–Kier alpha value is -1.16. The van der Waals surface area contributed by atoms with Crippen molar-refractivity contribution in [2.24, 2.45) is 34.5 Å². The molecule has 0 aromatic carbocycles. The summed E-state index contributed by atoms with van der Waals surface area (Å²) in [6.45, 7) is 5.78. The molecule has 1 N–H and O–H groups in total. The third kappa shape index (κ3) is 2.43. The molecular formula is C21H29FO3. The Morgan fingerprint density at radius 1 is 1.28 bits per heavy atom. The van der Waals surface area contributed by atoms with Crippen LogP contribution in [0.4, 0.5) is 4.39 Å². The van der Waals surface area contributed by atoms with Gasteiger partial charge in [0.1, 0.15) is 11.6 Å². The number of halogens is 1. The summed E-state index contributed by atoms with van der Waals surface area (Å²) in [6, 6.07) is 0. The molecule has 0 aromatic rings. The van der Waals surface area contributed by atoms with Gasteiger partial charge in [0.05, 0.1) is 6.10 Å². The number of hydrogen-bond donors (Lipinski definition) is 1. The Balaban J connectivity index is 1.65. The zero-order chi connectivity index (χ0) is 18.0. The average molecular weight is 348 g/mol. The van der Waals surface area contributed by atoms with E-state index >= 15 is 0 Å². The smallest absolute Gasteiger partial charge is 0.307 e. The second-order valence-corrected chi connectivity index (χ2v) is 9.17. The summed E-state index contributed by atoms with van der Waals surface area (Å²) in [4.78, 5) is 11.5. The predicted molar refractivity (Wildman–Crippen MR) is 92.9 cm³/mol. The molecule has 138 valence electrons. The minimum atomic E-state index is -0.422. The Morgan fingerprint density at radius 2 is 2.04 bits per heavy atom. The number of carbonyl (C=O) groups is 1. The third-order valence-corrected chi connectivity index (χ3v) is 7.97. The van der Waals surface area contributed by atoms with Gasteiger partial charge in [-0.3, -0.25) is 4.79 Å². The zero-order valence-electron chi connectivity index (χ0n) is 15.4. The molecule has 7 atom stereocenters. The van der Waals surface area contributed by atoms with Gasteiger partial charge in [0.25, 0.3) is 0 Å². The van der Waals surface area contributed by atoms with Crippen LogP contribution in [0.1, 0.15) is 59.3 Å². The molecular weight excluding hydrogens is 319 g/mol. The van der Waals surface area contributed by atoms with Crippen molar-refractivity contribution >= 4 is 5.97 Å². The summed E-state index contributed by atoms with van der Waals surface area (Å²) in [5.41, 5.74) is -0.248. The van der Waals surface area contributed by atoms with Crippen molar-refractivity contribution < 1.29 is 19.0 Å². The summed E-state index contributed by atoms with van der Waals surface area (Å²) < 4.78 is 20.0. The van der Waals surface area contributed by atoms with Crippen molar-refractivity contribution in [3.05, 3.63) is 23.7 Å². The van der Waals surface area contributed by atoms with Crippen molar-refractivity contribution in [1.29, 1.82) is 0 Å². The van der Waals surface area contributed by atoms with Crippen molar-refractivity contribution in [3.8, 4) is 0 Å². The highest BCUT2D eigenvalue weighted by atomic mass is 19.1. The average Bonchev–Trinajstić information content (AvgIpc) is 2.79. The lowest BCUT2D eigenvalue weighted by molar-refractivity contribution is -0.141. The van der Waals surface area contributed by atoms with Gasteiger partial charge in [0.2, 0.25) is 0 Å². The standard InChI is InChI=1S/C21H29FO3/c1-12(23)25-19-18(22)11-17-15-5-4-13-10-14(24)6-8-20(13,2)16(15)7-9-21(17,19)3/h6,8,13-17,24H,4-5,7,9-11H2,1-3H3/t13?,14?,15-,16+,17+,20+,21+/m1/s1. The van der Waals surface area contributed by atoms with Crippen LogP contribution < -0.4 is 0 Å².